The molecule has 1 atom stereocenters. The second kappa shape index (κ2) is 7.62. The number of nitrogens with one attached hydrogen (secondary N) is 2. The van der Waals surface area contributed by atoms with Crippen molar-refractivity contribution in [1.82, 2.24) is 4.72 Å². The number of carbonyl (C=O) groups excluding carboxylic acids is 1. The highest BCUT2D eigenvalue weighted by Gasteiger charge is 2.23. The van der Waals surface area contributed by atoms with Gasteiger partial charge in [0.05, 0.1) is 23.7 Å². The lowest BCUT2D eigenvalue weighted by atomic mass is 10.2. The molecule has 0 bridgehead atoms. The average Bonchev–Trinajstić information content (AvgIpc) is 2.56. The highest BCUT2D eigenvalue weighted by Crippen LogP contribution is 2.21. The normalized spacial score (nSPS) is 12.5. The van der Waals surface area contributed by atoms with E-state index in [1.807, 2.05) is 0 Å². The molecule has 2 rings (SSSR count). The number of aryl methyl sites for hydroxylation is 1. The number of halogens is 1. The third-order valence-corrected chi connectivity index (χ3v) is 5.07. The summed E-state index contributed by atoms with van der Waals surface area (Å²) in [5.41, 5.74) is 0.632. The van der Waals surface area contributed by atoms with Crippen LogP contribution in [0.25, 0.3) is 0 Å². The van der Waals surface area contributed by atoms with E-state index in [4.69, 9.17) is 4.74 Å². The van der Waals surface area contributed by atoms with Crippen molar-refractivity contribution < 1.29 is 22.3 Å². The Kier molecular flexibility index (Phi) is 5.76. The molecule has 0 saturated carbocycles. The summed E-state index contributed by atoms with van der Waals surface area (Å²) in [6.07, 6.45) is 0. The molecule has 0 fully saturated rings. The van der Waals surface area contributed by atoms with Crippen LogP contribution in [0.15, 0.2) is 47.4 Å². The van der Waals surface area contributed by atoms with Gasteiger partial charge in [-0.05, 0) is 49.7 Å². The van der Waals surface area contributed by atoms with E-state index in [0.29, 0.717) is 11.3 Å². The molecular weight excluding hydrogens is 347 g/mol. The van der Waals surface area contributed by atoms with Gasteiger partial charge in [0.1, 0.15) is 11.6 Å². The van der Waals surface area contributed by atoms with Gasteiger partial charge in [-0.3, -0.25) is 4.79 Å². The van der Waals surface area contributed by atoms with Gasteiger partial charge in [-0.2, -0.15) is 4.72 Å². The van der Waals surface area contributed by atoms with Crippen molar-refractivity contribution in [3.63, 3.8) is 0 Å². The van der Waals surface area contributed by atoms with E-state index in [-0.39, 0.29) is 10.6 Å². The van der Waals surface area contributed by atoms with Gasteiger partial charge in [0.2, 0.25) is 15.9 Å². The summed E-state index contributed by atoms with van der Waals surface area (Å²) in [5, 5.41) is 2.35. The summed E-state index contributed by atoms with van der Waals surface area (Å²) in [6.45, 7) is 3.09. The summed E-state index contributed by atoms with van der Waals surface area (Å²) in [5.74, 6) is -0.708. The van der Waals surface area contributed by atoms with Crippen molar-refractivity contribution in [2.24, 2.45) is 0 Å². The number of sulfonamides is 1. The van der Waals surface area contributed by atoms with Crippen LogP contribution in [0.1, 0.15) is 12.5 Å². The maximum atomic E-state index is 13.6. The molecule has 8 heteroatoms. The molecule has 0 spiro atoms. The van der Waals surface area contributed by atoms with Crippen molar-refractivity contribution in [2.45, 2.75) is 24.8 Å². The number of methoxy groups -OCH3 is 1. The van der Waals surface area contributed by atoms with Crippen LogP contribution in [-0.2, 0) is 14.8 Å². The Labute approximate surface area is 146 Å². The van der Waals surface area contributed by atoms with Crippen LogP contribution in [0.3, 0.4) is 0 Å². The van der Waals surface area contributed by atoms with Crippen LogP contribution >= 0.6 is 0 Å². The smallest absolute Gasteiger partial charge is 0.242 e. The third-order valence-electron chi connectivity index (χ3n) is 3.53. The number of carbonyl (C=O) groups is 1. The maximum Gasteiger partial charge on any atom is 0.242 e. The highest BCUT2D eigenvalue weighted by molar-refractivity contribution is 7.89. The first kappa shape index (κ1) is 18.9. The van der Waals surface area contributed by atoms with E-state index >= 15 is 0 Å². The fourth-order valence-corrected chi connectivity index (χ4v) is 3.46. The van der Waals surface area contributed by atoms with Crippen molar-refractivity contribution in [3.8, 4) is 5.75 Å². The summed E-state index contributed by atoms with van der Waals surface area (Å²) in [7, 11) is -2.42. The monoisotopic (exact) mass is 366 g/mol. The molecule has 0 aliphatic heterocycles. The zero-order valence-corrected chi connectivity index (χ0v) is 14.9. The van der Waals surface area contributed by atoms with Crippen LogP contribution < -0.4 is 14.8 Å². The second-order valence-electron chi connectivity index (χ2n) is 5.44. The molecule has 2 aromatic rings. The van der Waals surface area contributed by atoms with E-state index < -0.39 is 27.8 Å². The van der Waals surface area contributed by atoms with E-state index in [2.05, 4.69) is 10.0 Å². The minimum atomic E-state index is -3.91. The predicted molar refractivity (Wildman–Crippen MR) is 92.5 cm³/mol. The summed E-state index contributed by atoms with van der Waals surface area (Å²) in [4.78, 5) is 12.1. The van der Waals surface area contributed by atoms with Crippen molar-refractivity contribution in [1.29, 1.82) is 0 Å². The molecule has 2 aromatic carbocycles. The molecule has 1 amide bonds. The highest BCUT2D eigenvalue weighted by atomic mass is 32.2. The van der Waals surface area contributed by atoms with Crippen molar-refractivity contribution >= 4 is 21.6 Å². The minimum Gasteiger partial charge on any atom is -0.496 e. The predicted octanol–water partition coefficient (Wildman–Crippen LogP) is 2.45. The fraction of sp³-hybridized carbons (Fsp3) is 0.235. The van der Waals surface area contributed by atoms with Crippen LogP contribution in [0.5, 0.6) is 5.75 Å². The molecule has 0 radical (unpaired) electrons. The summed E-state index contributed by atoms with van der Waals surface area (Å²) >= 11 is 0. The minimum absolute atomic E-state index is 0.0105. The van der Waals surface area contributed by atoms with Crippen LogP contribution in [0.4, 0.5) is 10.1 Å². The summed E-state index contributed by atoms with van der Waals surface area (Å²) in [6, 6.07) is 8.92. The first-order valence-electron chi connectivity index (χ1n) is 7.47. The van der Waals surface area contributed by atoms with Crippen LogP contribution in [0.2, 0.25) is 0 Å². The summed E-state index contributed by atoms with van der Waals surface area (Å²) < 4.78 is 45.8. The first-order chi connectivity index (χ1) is 11.7. The van der Waals surface area contributed by atoms with Gasteiger partial charge >= 0.3 is 0 Å². The Morgan fingerprint density at radius 3 is 2.48 bits per heavy atom. The van der Waals surface area contributed by atoms with Gasteiger partial charge in [-0.1, -0.05) is 12.1 Å². The fourth-order valence-electron chi connectivity index (χ4n) is 2.18. The number of benzene rings is 2. The van der Waals surface area contributed by atoms with Crippen LogP contribution in [0, 0.1) is 12.7 Å². The Balaban J connectivity index is 2.12. The Morgan fingerprint density at radius 1 is 1.20 bits per heavy atom. The van der Waals surface area contributed by atoms with E-state index in [1.165, 1.54) is 50.4 Å². The Hall–Kier alpha value is -2.45. The molecule has 0 unspecified atom stereocenters. The van der Waals surface area contributed by atoms with Gasteiger partial charge in [-0.25, -0.2) is 12.8 Å². The Bertz CT molecular complexity index is 884. The molecule has 0 aromatic heterocycles. The average molecular weight is 366 g/mol. The quantitative estimate of drug-likeness (QED) is 0.822. The van der Waals surface area contributed by atoms with Crippen molar-refractivity contribution in [2.75, 3.05) is 12.4 Å². The molecule has 2 N–H and O–H groups in total. The third kappa shape index (κ3) is 4.55. The number of anilines is 1. The zero-order chi connectivity index (χ0) is 18.6. The van der Waals surface area contributed by atoms with E-state index in [1.54, 1.807) is 13.0 Å². The lowest BCUT2D eigenvalue weighted by Gasteiger charge is -2.15. The van der Waals surface area contributed by atoms with Crippen LogP contribution in [-0.4, -0.2) is 27.5 Å². The number of hydrogen-bond donors (Lipinski definition) is 2. The lowest BCUT2D eigenvalue weighted by molar-refractivity contribution is -0.117. The molecule has 0 heterocycles. The molecule has 25 heavy (non-hydrogen) atoms. The topological polar surface area (TPSA) is 84.5 Å². The number of rotatable bonds is 6. The van der Waals surface area contributed by atoms with Gasteiger partial charge in [-0.15, -0.1) is 0 Å². The number of hydrogen-bond acceptors (Lipinski definition) is 4. The molecule has 0 aliphatic carbocycles. The maximum absolute atomic E-state index is 13.6. The Morgan fingerprint density at radius 2 is 1.88 bits per heavy atom. The van der Waals surface area contributed by atoms with E-state index in [9.17, 15) is 17.6 Å². The molecule has 0 aliphatic rings. The van der Waals surface area contributed by atoms with E-state index in [0.717, 1.165) is 0 Å². The van der Waals surface area contributed by atoms with Gasteiger partial charge < -0.3 is 10.1 Å². The molecule has 0 saturated heterocycles. The number of ether oxygens (including phenoxy) is 1. The largest absolute Gasteiger partial charge is 0.496 e. The van der Waals surface area contributed by atoms with Gasteiger partial charge in [0.25, 0.3) is 0 Å². The number of amides is 1. The molecule has 6 nitrogen and oxygen atoms in total. The lowest BCUT2D eigenvalue weighted by Crippen LogP contribution is -2.41. The second-order valence-corrected chi connectivity index (χ2v) is 7.16. The first-order valence-corrected chi connectivity index (χ1v) is 8.95. The zero-order valence-electron chi connectivity index (χ0n) is 14.0. The molecular formula is C17H19FN2O4S. The van der Waals surface area contributed by atoms with Gasteiger partial charge in [0.15, 0.2) is 0 Å². The molecule has 134 valence electrons. The van der Waals surface area contributed by atoms with Gasteiger partial charge in [0, 0.05) is 0 Å². The van der Waals surface area contributed by atoms with Crippen molar-refractivity contribution in [3.05, 3.63) is 53.8 Å². The number of para-hydroxylation sites is 1. The standard InChI is InChI=1S/C17H19FN2O4S/c1-11-10-13(8-9-16(11)24-3)25(22,23)20-12(2)17(21)19-15-7-5-4-6-14(15)18/h4-10,12,20H,1-3H3,(H,19,21)/t12-/m1/s1. The SMILES string of the molecule is COc1ccc(S(=O)(=O)N[C@H](C)C(=O)Nc2ccccc2F)cc1C.